The molecule has 0 aliphatic heterocycles. The number of anilines is 2. The predicted octanol–water partition coefficient (Wildman–Crippen LogP) is 4.03. The molecule has 16 heavy (non-hydrogen) atoms. The van der Waals surface area contributed by atoms with Crippen LogP contribution in [0.2, 0.25) is 10.0 Å². The Balaban J connectivity index is 2.05. The van der Waals surface area contributed by atoms with Crippen molar-refractivity contribution >= 4 is 34.6 Å². The molecule has 1 saturated carbocycles. The summed E-state index contributed by atoms with van der Waals surface area (Å²) in [6.07, 6.45) is 1.25. The van der Waals surface area contributed by atoms with E-state index in [4.69, 9.17) is 28.9 Å². The van der Waals surface area contributed by atoms with Crippen molar-refractivity contribution in [3.05, 3.63) is 22.2 Å². The third-order valence-corrected chi connectivity index (χ3v) is 3.90. The largest absolute Gasteiger partial charge is 0.399 e. The molecule has 1 aromatic rings. The van der Waals surface area contributed by atoms with Gasteiger partial charge in [-0.2, -0.15) is 0 Å². The molecule has 3 N–H and O–H groups in total. The zero-order chi connectivity index (χ0) is 11.9. The number of benzene rings is 1. The van der Waals surface area contributed by atoms with Gasteiger partial charge in [-0.15, -0.1) is 0 Å². The minimum Gasteiger partial charge on any atom is -0.399 e. The molecule has 88 valence electrons. The van der Waals surface area contributed by atoms with Crippen LogP contribution in [0, 0.1) is 11.3 Å². The van der Waals surface area contributed by atoms with E-state index in [1.54, 1.807) is 12.1 Å². The number of rotatable bonds is 3. The van der Waals surface area contributed by atoms with Crippen molar-refractivity contribution in [2.75, 3.05) is 17.6 Å². The molecule has 0 saturated heterocycles. The van der Waals surface area contributed by atoms with Gasteiger partial charge in [0.15, 0.2) is 0 Å². The highest BCUT2D eigenvalue weighted by Gasteiger charge is 2.45. The summed E-state index contributed by atoms with van der Waals surface area (Å²) in [7, 11) is 0. The van der Waals surface area contributed by atoms with Gasteiger partial charge >= 0.3 is 0 Å². The molecular formula is C12H16Cl2N2. The Hall–Kier alpha value is -0.600. The molecule has 1 fully saturated rings. The van der Waals surface area contributed by atoms with E-state index < -0.39 is 0 Å². The number of nitrogens with two attached hydrogens (primary N) is 1. The molecule has 1 aliphatic carbocycles. The molecular weight excluding hydrogens is 243 g/mol. The standard InChI is InChI=1S/C12H16Cl2N2/c1-12(2)5-7(12)6-16-11-9(13)3-8(15)4-10(11)14/h3-4,7,16H,5-6,15H2,1-2H3. The first-order valence-electron chi connectivity index (χ1n) is 5.38. The van der Waals surface area contributed by atoms with Gasteiger partial charge in [-0.25, -0.2) is 0 Å². The molecule has 2 nitrogen and oxygen atoms in total. The van der Waals surface area contributed by atoms with E-state index in [0.717, 1.165) is 12.2 Å². The number of nitrogens with one attached hydrogen (secondary N) is 1. The summed E-state index contributed by atoms with van der Waals surface area (Å²) in [5.41, 5.74) is 7.48. The van der Waals surface area contributed by atoms with Gasteiger partial charge in [-0.05, 0) is 29.9 Å². The number of halogens is 2. The van der Waals surface area contributed by atoms with Gasteiger partial charge in [0.05, 0.1) is 15.7 Å². The number of hydrogen-bond acceptors (Lipinski definition) is 2. The Labute approximate surface area is 106 Å². The summed E-state index contributed by atoms with van der Waals surface area (Å²) in [6, 6.07) is 3.43. The average molecular weight is 259 g/mol. The molecule has 2 rings (SSSR count). The third kappa shape index (κ3) is 2.38. The van der Waals surface area contributed by atoms with Crippen molar-refractivity contribution < 1.29 is 0 Å². The zero-order valence-corrected chi connectivity index (χ0v) is 11.0. The highest BCUT2D eigenvalue weighted by atomic mass is 35.5. The first-order valence-corrected chi connectivity index (χ1v) is 6.14. The number of nitrogen functional groups attached to an aromatic ring is 1. The topological polar surface area (TPSA) is 38.0 Å². The number of hydrogen-bond donors (Lipinski definition) is 2. The Morgan fingerprint density at radius 1 is 1.38 bits per heavy atom. The van der Waals surface area contributed by atoms with Crippen LogP contribution in [-0.2, 0) is 0 Å². The molecule has 1 aromatic carbocycles. The molecule has 0 radical (unpaired) electrons. The lowest BCUT2D eigenvalue weighted by atomic mass is 10.1. The van der Waals surface area contributed by atoms with Crippen LogP contribution >= 0.6 is 23.2 Å². The van der Waals surface area contributed by atoms with E-state index in [0.29, 0.717) is 27.1 Å². The van der Waals surface area contributed by atoms with E-state index in [-0.39, 0.29) is 0 Å². The molecule has 1 atom stereocenters. The second-order valence-corrected chi connectivity index (χ2v) is 5.94. The van der Waals surface area contributed by atoms with E-state index >= 15 is 0 Å². The minimum absolute atomic E-state index is 0.458. The van der Waals surface area contributed by atoms with E-state index in [1.165, 1.54) is 6.42 Å². The molecule has 0 spiro atoms. The maximum atomic E-state index is 6.08. The Morgan fingerprint density at radius 3 is 2.31 bits per heavy atom. The maximum Gasteiger partial charge on any atom is 0.0720 e. The van der Waals surface area contributed by atoms with Crippen molar-refractivity contribution in [3.63, 3.8) is 0 Å². The van der Waals surface area contributed by atoms with Crippen LogP contribution in [0.3, 0.4) is 0 Å². The predicted molar refractivity (Wildman–Crippen MR) is 71.3 cm³/mol. The highest BCUT2D eigenvalue weighted by Crippen LogP contribution is 2.51. The molecule has 0 bridgehead atoms. The smallest absolute Gasteiger partial charge is 0.0720 e. The van der Waals surface area contributed by atoms with Gasteiger partial charge in [-0.3, -0.25) is 0 Å². The lowest BCUT2D eigenvalue weighted by molar-refractivity contribution is 0.573. The summed E-state index contributed by atoms with van der Waals surface area (Å²) < 4.78 is 0. The van der Waals surface area contributed by atoms with Crippen LogP contribution in [0.25, 0.3) is 0 Å². The molecule has 0 aromatic heterocycles. The average Bonchev–Trinajstić information content (AvgIpc) is 2.72. The van der Waals surface area contributed by atoms with Crippen molar-refractivity contribution in [2.45, 2.75) is 20.3 Å². The Kier molecular flexibility index (Phi) is 2.97. The fourth-order valence-corrected chi connectivity index (χ4v) is 2.55. The van der Waals surface area contributed by atoms with Gasteiger partial charge in [0.1, 0.15) is 0 Å². The first kappa shape index (κ1) is 11.9. The van der Waals surface area contributed by atoms with Gasteiger partial charge in [0.25, 0.3) is 0 Å². The summed E-state index contributed by atoms with van der Waals surface area (Å²) in [6.45, 7) is 5.45. The van der Waals surface area contributed by atoms with Crippen LogP contribution in [0.1, 0.15) is 20.3 Å². The molecule has 1 unspecified atom stereocenters. The first-order chi connectivity index (χ1) is 7.40. The zero-order valence-electron chi connectivity index (χ0n) is 9.48. The SMILES string of the molecule is CC1(C)CC1CNc1c(Cl)cc(N)cc1Cl. The summed E-state index contributed by atoms with van der Waals surface area (Å²) in [5.74, 6) is 0.706. The van der Waals surface area contributed by atoms with Gasteiger partial charge in [0.2, 0.25) is 0 Å². The van der Waals surface area contributed by atoms with Crippen LogP contribution in [0.5, 0.6) is 0 Å². The monoisotopic (exact) mass is 258 g/mol. The third-order valence-electron chi connectivity index (χ3n) is 3.31. The van der Waals surface area contributed by atoms with Crippen molar-refractivity contribution in [1.29, 1.82) is 0 Å². The quantitative estimate of drug-likeness (QED) is 0.804. The highest BCUT2D eigenvalue weighted by molar-refractivity contribution is 6.39. The maximum absolute atomic E-state index is 6.08. The Bertz CT molecular complexity index is 392. The minimum atomic E-state index is 0.458. The second-order valence-electron chi connectivity index (χ2n) is 5.13. The van der Waals surface area contributed by atoms with Crippen molar-refractivity contribution in [3.8, 4) is 0 Å². The van der Waals surface area contributed by atoms with Crippen LogP contribution < -0.4 is 11.1 Å². The van der Waals surface area contributed by atoms with Crippen LogP contribution in [-0.4, -0.2) is 6.54 Å². The molecule has 1 aliphatic rings. The van der Waals surface area contributed by atoms with Gasteiger partial charge in [-0.1, -0.05) is 37.0 Å². The van der Waals surface area contributed by atoms with Gasteiger partial charge < -0.3 is 11.1 Å². The lowest BCUT2D eigenvalue weighted by Crippen LogP contribution is -2.08. The fraction of sp³-hybridized carbons (Fsp3) is 0.500. The van der Waals surface area contributed by atoms with Crippen molar-refractivity contribution in [2.24, 2.45) is 11.3 Å². The second kappa shape index (κ2) is 4.01. The molecule has 0 heterocycles. The molecule has 4 heteroatoms. The Morgan fingerprint density at radius 2 is 1.88 bits per heavy atom. The lowest BCUT2D eigenvalue weighted by Gasteiger charge is -2.12. The van der Waals surface area contributed by atoms with E-state index in [1.807, 2.05) is 0 Å². The van der Waals surface area contributed by atoms with Crippen molar-refractivity contribution in [1.82, 2.24) is 0 Å². The fourth-order valence-electron chi connectivity index (χ4n) is 1.91. The van der Waals surface area contributed by atoms with E-state index in [2.05, 4.69) is 19.2 Å². The van der Waals surface area contributed by atoms with Gasteiger partial charge in [0, 0.05) is 12.2 Å². The van der Waals surface area contributed by atoms with E-state index in [9.17, 15) is 0 Å². The van der Waals surface area contributed by atoms with Crippen LogP contribution in [0.4, 0.5) is 11.4 Å². The summed E-state index contributed by atoms with van der Waals surface area (Å²) in [5, 5.41) is 4.48. The summed E-state index contributed by atoms with van der Waals surface area (Å²) >= 11 is 12.2. The summed E-state index contributed by atoms with van der Waals surface area (Å²) in [4.78, 5) is 0. The molecule has 0 amide bonds. The van der Waals surface area contributed by atoms with Crippen LogP contribution in [0.15, 0.2) is 12.1 Å². The normalized spacial score (nSPS) is 21.9.